The molecule has 1 N–H and O–H groups in total. The molecule has 0 aliphatic carbocycles. The lowest BCUT2D eigenvalue weighted by Crippen LogP contribution is -2.49. The first-order valence-corrected chi connectivity index (χ1v) is 9.15. The van der Waals surface area contributed by atoms with Crippen molar-refractivity contribution < 1.29 is 14.2 Å². The van der Waals surface area contributed by atoms with Crippen LogP contribution in [0.1, 0.15) is 17.0 Å². The maximum absolute atomic E-state index is 12.4. The lowest BCUT2D eigenvalue weighted by atomic mass is 9.93. The summed E-state index contributed by atoms with van der Waals surface area (Å²) in [5, 5.41) is 17.5. The standard InChI is InChI=1S/C20H19N5O4/c1-21-20(26)17-10-14-4-2-3-5-15(14)11-24(17)12-18-22-19(23-29-18)13-6-8-16(9-7-13)25(27)28/h2-9,17H,10-12H2,1H3,(H,21,26). The molecule has 9 nitrogen and oxygen atoms in total. The third-order valence-electron chi connectivity index (χ3n) is 5.04. The van der Waals surface area contributed by atoms with Crippen LogP contribution in [0.3, 0.4) is 0 Å². The molecule has 4 rings (SSSR count). The van der Waals surface area contributed by atoms with Gasteiger partial charge in [0.1, 0.15) is 0 Å². The van der Waals surface area contributed by atoms with E-state index in [0.29, 0.717) is 36.8 Å². The molecule has 0 radical (unpaired) electrons. The van der Waals surface area contributed by atoms with Gasteiger partial charge >= 0.3 is 0 Å². The van der Waals surface area contributed by atoms with Crippen LogP contribution in [0.2, 0.25) is 0 Å². The number of amides is 1. The van der Waals surface area contributed by atoms with Gasteiger partial charge in [0.05, 0.1) is 17.5 Å². The number of carbonyl (C=O) groups is 1. The SMILES string of the molecule is CNC(=O)C1Cc2ccccc2CN1Cc1nc(-c2ccc([N+](=O)[O-])cc2)no1. The van der Waals surface area contributed by atoms with Gasteiger partial charge in [0.25, 0.3) is 5.69 Å². The Morgan fingerprint density at radius 2 is 1.97 bits per heavy atom. The van der Waals surface area contributed by atoms with E-state index < -0.39 is 4.92 Å². The van der Waals surface area contributed by atoms with Gasteiger partial charge in [-0.15, -0.1) is 0 Å². The van der Waals surface area contributed by atoms with Crippen molar-refractivity contribution in [2.45, 2.75) is 25.6 Å². The number of nitro benzene ring substituents is 1. The summed E-state index contributed by atoms with van der Waals surface area (Å²) in [6, 6.07) is 13.7. The topological polar surface area (TPSA) is 114 Å². The number of likely N-dealkylation sites (N-methyl/N-ethyl adjacent to an activating group) is 1. The second kappa shape index (κ2) is 7.80. The maximum Gasteiger partial charge on any atom is 0.269 e. The normalized spacial score (nSPS) is 16.2. The minimum Gasteiger partial charge on any atom is -0.358 e. The van der Waals surface area contributed by atoms with E-state index >= 15 is 0 Å². The first-order chi connectivity index (χ1) is 14.0. The molecule has 3 aromatic rings. The second-order valence-electron chi connectivity index (χ2n) is 6.82. The van der Waals surface area contributed by atoms with Crippen molar-refractivity contribution in [2.75, 3.05) is 7.05 Å². The van der Waals surface area contributed by atoms with Crippen LogP contribution in [0.15, 0.2) is 53.1 Å². The van der Waals surface area contributed by atoms with Gasteiger partial charge in [-0.25, -0.2) is 0 Å². The molecule has 2 aromatic carbocycles. The lowest BCUT2D eigenvalue weighted by Gasteiger charge is -2.34. The van der Waals surface area contributed by atoms with Crippen LogP contribution in [-0.4, -0.2) is 39.0 Å². The molecular weight excluding hydrogens is 374 g/mol. The Kier molecular flexibility index (Phi) is 5.05. The highest BCUT2D eigenvalue weighted by molar-refractivity contribution is 5.82. The summed E-state index contributed by atoms with van der Waals surface area (Å²) in [4.78, 5) is 29.2. The molecule has 0 saturated carbocycles. The van der Waals surface area contributed by atoms with Crippen molar-refractivity contribution in [1.82, 2.24) is 20.4 Å². The van der Waals surface area contributed by atoms with Crippen LogP contribution >= 0.6 is 0 Å². The zero-order chi connectivity index (χ0) is 20.4. The van der Waals surface area contributed by atoms with Gasteiger partial charge in [0.15, 0.2) is 0 Å². The number of rotatable bonds is 5. The van der Waals surface area contributed by atoms with E-state index in [-0.39, 0.29) is 17.6 Å². The summed E-state index contributed by atoms with van der Waals surface area (Å²) in [5.74, 6) is 0.671. The number of nitrogens with zero attached hydrogens (tertiary/aromatic N) is 4. The number of nitrogens with one attached hydrogen (secondary N) is 1. The fourth-order valence-electron chi connectivity index (χ4n) is 3.51. The van der Waals surface area contributed by atoms with Gasteiger partial charge in [-0.2, -0.15) is 4.98 Å². The van der Waals surface area contributed by atoms with E-state index in [1.807, 2.05) is 23.1 Å². The molecular formula is C20H19N5O4. The lowest BCUT2D eigenvalue weighted by molar-refractivity contribution is -0.384. The highest BCUT2D eigenvalue weighted by Gasteiger charge is 2.32. The van der Waals surface area contributed by atoms with Crippen LogP contribution in [0.5, 0.6) is 0 Å². The smallest absolute Gasteiger partial charge is 0.269 e. The molecule has 1 aliphatic heterocycles. The fraction of sp³-hybridized carbons (Fsp3) is 0.250. The molecule has 0 saturated heterocycles. The largest absolute Gasteiger partial charge is 0.358 e. The molecule has 0 fully saturated rings. The van der Waals surface area contributed by atoms with Crippen LogP contribution in [0.25, 0.3) is 11.4 Å². The Morgan fingerprint density at radius 1 is 1.24 bits per heavy atom. The van der Waals surface area contributed by atoms with E-state index in [1.54, 1.807) is 19.2 Å². The third kappa shape index (κ3) is 3.85. The number of hydrogen-bond donors (Lipinski definition) is 1. The summed E-state index contributed by atoms with van der Waals surface area (Å²) >= 11 is 0. The van der Waals surface area contributed by atoms with Crippen LogP contribution in [0, 0.1) is 10.1 Å². The van der Waals surface area contributed by atoms with Gasteiger partial charge in [-0.3, -0.25) is 19.8 Å². The maximum atomic E-state index is 12.4. The molecule has 0 bridgehead atoms. The van der Waals surface area contributed by atoms with E-state index in [4.69, 9.17) is 4.52 Å². The zero-order valence-corrected chi connectivity index (χ0v) is 15.7. The summed E-state index contributed by atoms with van der Waals surface area (Å²) in [5.41, 5.74) is 2.95. The molecule has 2 heterocycles. The summed E-state index contributed by atoms with van der Waals surface area (Å²) in [6.45, 7) is 0.926. The van der Waals surface area contributed by atoms with Crippen LogP contribution in [0.4, 0.5) is 5.69 Å². The first-order valence-electron chi connectivity index (χ1n) is 9.15. The number of aromatic nitrogens is 2. The molecule has 1 amide bonds. The number of carbonyl (C=O) groups excluding carboxylic acids is 1. The predicted octanol–water partition coefficient (Wildman–Crippen LogP) is 2.32. The average molecular weight is 393 g/mol. The Balaban J connectivity index is 1.55. The van der Waals surface area contributed by atoms with Gasteiger partial charge in [0.2, 0.25) is 17.6 Å². The number of nitro groups is 1. The van der Waals surface area contributed by atoms with E-state index in [1.165, 1.54) is 17.7 Å². The average Bonchev–Trinajstić information content (AvgIpc) is 3.21. The van der Waals surface area contributed by atoms with Gasteiger partial charge < -0.3 is 9.84 Å². The van der Waals surface area contributed by atoms with Crippen molar-refractivity contribution >= 4 is 11.6 Å². The Hall–Kier alpha value is -3.59. The minimum absolute atomic E-state index is 0.00197. The molecule has 148 valence electrons. The second-order valence-corrected chi connectivity index (χ2v) is 6.82. The van der Waals surface area contributed by atoms with Gasteiger partial charge in [-0.1, -0.05) is 29.4 Å². The van der Waals surface area contributed by atoms with Crippen molar-refractivity contribution in [2.24, 2.45) is 0 Å². The van der Waals surface area contributed by atoms with Gasteiger partial charge in [-0.05, 0) is 29.7 Å². The molecule has 29 heavy (non-hydrogen) atoms. The predicted molar refractivity (Wildman–Crippen MR) is 104 cm³/mol. The molecule has 1 atom stereocenters. The number of benzene rings is 2. The van der Waals surface area contributed by atoms with Crippen molar-refractivity contribution in [3.8, 4) is 11.4 Å². The Morgan fingerprint density at radius 3 is 2.66 bits per heavy atom. The van der Waals surface area contributed by atoms with E-state index in [9.17, 15) is 14.9 Å². The molecule has 9 heteroatoms. The Bertz CT molecular complexity index is 1050. The minimum atomic E-state index is -0.460. The number of fused-ring (bicyclic) bond motifs is 1. The first kappa shape index (κ1) is 18.8. The molecule has 1 aliphatic rings. The van der Waals surface area contributed by atoms with Crippen LogP contribution < -0.4 is 5.32 Å². The fourth-order valence-corrected chi connectivity index (χ4v) is 3.51. The molecule has 1 unspecified atom stereocenters. The Labute approximate surface area is 166 Å². The van der Waals surface area contributed by atoms with Gasteiger partial charge in [0, 0.05) is 31.3 Å². The van der Waals surface area contributed by atoms with Crippen molar-refractivity contribution in [3.63, 3.8) is 0 Å². The summed E-state index contributed by atoms with van der Waals surface area (Å²) in [6.07, 6.45) is 0.610. The summed E-state index contributed by atoms with van der Waals surface area (Å²) in [7, 11) is 1.63. The highest BCUT2D eigenvalue weighted by Crippen LogP contribution is 2.26. The molecule has 0 spiro atoms. The zero-order valence-electron chi connectivity index (χ0n) is 15.7. The van der Waals surface area contributed by atoms with Crippen LogP contribution in [-0.2, 0) is 24.3 Å². The quantitative estimate of drug-likeness (QED) is 0.522. The summed E-state index contributed by atoms with van der Waals surface area (Å²) < 4.78 is 5.38. The van der Waals surface area contributed by atoms with Crippen molar-refractivity contribution in [3.05, 3.63) is 75.7 Å². The molecule has 1 aromatic heterocycles. The number of non-ortho nitro benzene ring substituents is 1. The van der Waals surface area contributed by atoms with E-state index in [2.05, 4.69) is 21.5 Å². The highest BCUT2D eigenvalue weighted by atomic mass is 16.6. The number of hydrogen-bond acceptors (Lipinski definition) is 7. The van der Waals surface area contributed by atoms with E-state index in [0.717, 1.165) is 5.56 Å². The third-order valence-corrected chi connectivity index (χ3v) is 5.04. The van der Waals surface area contributed by atoms with Crippen molar-refractivity contribution in [1.29, 1.82) is 0 Å². The monoisotopic (exact) mass is 393 g/mol.